The summed E-state index contributed by atoms with van der Waals surface area (Å²) in [4.78, 5) is 17.2. The summed E-state index contributed by atoms with van der Waals surface area (Å²) in [7, 11) is 1.55. The van der Waals surface area contributed by atoms with Crippen LogP contribution in [0.4, 0.5) is 4.39 Å². The number of ether oxygens (including phenoxy) is 2. The van der Waals surface area contributed by atoms with Gasteiger partial charge in [-0.25, -0.2) is 4.39 Å². The second-order valence-electron chi connectivity index (χ2n) is 7.81. The number of nitrogens with one attached hydrogen (secondary N) is 1. The fourth-order valence-electron chi connectivity index (χ4n) is 3.60. The average Bonchev–Trinajstić information content (AvgIpc) is 3.24. The molecular weight excluding hydrogens is 473 g/mol. The zero-order chi connectivity index (χ0) is 24.9. The summed E-state index contributed by atoms with van der Waals surface area (Å²) in [6, 6.07) is 13.0. The van der Waals surface area contributed by atoms with Gasteiger partial charge in [0.1, 0.15) is 29.4 Å². The van der Waals surface area contributed by atoms with Crippen LogP contribution in [0.1, 0.15) is 40.2 Å². The first-order valence-corrected chi connectivity index (χ1v) is 11.2. The van der Waals surface area contributed by atoms with E-state index in [0.29, 0.717) is 18.1 Å². The Hall–Kier alpha value is -3.91. The lowest BCUT2D eigenvalue weighted by Crippen LogP contribution is -2.27. The molecular formula is C26H23ClFN3O4. The van der Waals surface area contributed by atoms with Crippen molar-refractivity contribution in [1.29, 1.82) is 0 Å². The third-order valence-corrected chi connectivity index (χ3v) is 5.78. The van der Waals surface area contributed by atoms with Crippen molar-refractivity contribution in [1.82, 2.24) is 15.5 Å². The molecule has 9 heteroatoms. The van der Waals surface area contributed by atoms with E-state index in [4.69, 9.17) is 25.6 Å². The van der Waals surface area contributed by atoms with Gasteiger partial charge in [-0.15, -0.1) is 0 Å². The van der Waals surface area contributed by atoms with Crippen molar-refractivity contribution in [3.05, 3.63) is 94.2 Å². The van der Waals surface area contributed by atoms with Gasteiger partial charge in [0.2, 0.25) is 0 Å². The molecule has 2 heterocycles. The molecule has 1 unspecified atom stereocenters. The quantitative estimate of drug-likeness (QED) is 0.326. The molecule has 1 N–H and O–H groups in total. The van der Waals surface area contributed by atoms with Crippen molar-refractivity contribution in [2.24, 2.45) is 0 Å². The number of carbonyl (C=O) groups is 1. The highest BCUT2D eigenvalue weighted by atomic mass is 35.5. The maximum atomic E-state index is 14.5. The predicted molar refractivity (Wildman–Crippen MR) is 129 cm³/mol. The SMILES string of the molecule is COc1cc(C(C)NC(=O)c2c(-c3c(F)cccc3Cl)noc2C)ccc1OCc1ccncc1. The zero-order valence-electron chi connectivity index (χ0n) is 19.3. The van der Waals surface area contributed by atoms with E-state index in [2.05, 4.69) is 15.5 Å². The number of rotatable bonds is 8. The van der Waals surface area contributed by atoms with E-state index in [0.717, 1.165) is 11.1 Å². The number of amides is 1. The van der Waals surface area contributed by atoms with E-state index < -0.39 is 17.8 Å². The lowest BCUT2D eigenvalue weighted by Gasteiger charge is -2.17. The van der Waals surface area contributed by atoms with Crippen LogP contribution in [0.5, 0.6) is 11.5 Å². The van der Waals surface area contributed by atoms with Crippen LogP contribution in [-0.2, 0) is 6.61 Å². The van der Waals surface area contributed by atoms with Crippen LogP contribution in [0.15, 0.2) is 65.4 Å². The molecule has 1 amide bonds. The normalized spacial score (nSPS) is 11.7. The first-order valence-electron chi connectivity index (χ1n) is 10.8. The Bertz CT molecular complexity index is 1320. The minimum atomic E-state index is -0.597. The van der Waals surface area contributed by atoms with Crippen molar-refractivity contribution in [2.75, 3.05) is 7.11 Å². The van der Waals surface area contributed by atoms with Gasteiger partial charge in [-0.05, 0) is 61.4 Å². The Balaban J connectivity index is 1.53. The third kappa shape index (κ3) is 5.27. The van der Waals surface area contributed by atoms with Gasteiger partial charge in [-0.2, -0.15) is 0 Å². The fourth-order valence-corrected chi connectivity index (χ4v) is 3.85. The summed E-state index contributed by atoms with van der Waals surface area (Å²) >= 11 is 6.18. The van der Waals surface area contributed by atoms with E-state index in [1.807, 2.05) is 25.1 Å². The van der Waals surface area contributed by atoms with Crippen molar-refractivity contribution < 1.29 is 23.2 Å². The molecule has 0 radical (unpaired) electrons. The number of pyridine rings is 1. The maximum absolute atomic E-state index is 14.5. The Morgan fingerprint density at radius 1 is 1.17 bits per heavy atom. The molecule has 0 saturated heterocycles. The van der Waals surface area contributed by atoms with Gasteiger partial charge in [-0.3, -0.25) is 9.78 Å². The predicted octanol–water partition coefficient (Wildman–Crippen LogP) is 5.92. The molecule has 0 aliphatic carbocycles. The van der Waals surface area contributed by atoms with Gasteiger partial charge < -0.3 is 19.3 Å². The molecule has 180 valence electrons. The monoisotopic (exact) mass is 495 g/mol. The summed E-state index contributed by atoms with van der Waals surface area (Å²) in [5.74, 6) is 0.277. The first-order chi connectivity index (χ1) is 16.9. The molecule has 0 aliphatic heterocycles. The number of nitrogens with zero attached hydrogens (tertiary/aromatic N) is 2. The number of aromatic nitrogens is 2. The molecule has 2 aromatic carbocycles. The van der Waals surface area contributed by atoms with E-state index in [9.17, 15) is 9.18 Å². The van der Waals surface area contributed by atoms with Gasteiger partial charge >= 0.3 is 0 Å². The fraction of sp³-hybridized carbons (Fsp3) is 0.192. The Labute approximate surface area is 206 Å². The van der Waals surface area contributed by atoms with E-state index in [1.54, 1.807) is 38.6 Å². The van der Waals surface area contributed by atoms with Gasteiger partial charge in [0.05, 0.1) is 23.7 Å². The van der Waals surface area contributed by atoms with Crippen molar-refractivity contribution in [2.45, 2.75) is 26.5 Å². The number of carbonyl (C=O) groups excluding carboxylic acids is 1. The lowest BCUT2D eigenvalue weighted by molar-refractivity contribution is 0.0939. The zero-order valence-corrected chi connectivity index (χ0v) is 20.1. The molecule has 4 aromatic rings. The van der Waals surface area contributed by atoms with Crippen LogP contribution < -0.4 is 14.8 Å². The van der Waals surface area contributed by atoms with Crippen molar-refractivity contribution >= 4 is 17.5 Å². The van der Waals surface area contributed by atoms with E-state index in [-0.39, 0.29) is 27.6 Å². The van der Waals surface area contributed by atoms with E-state index in [1.165, 1.54) is 18.2 Å². The number of aryl methyl sites for hydroxylation is 1. The Morgan fingerprint density at radius 2 is 1.94 bits per heavy atom. The summed E-state index contributed by atoms with van der Waals surface area (Å²) in [5, 5.41) is 6.93. The van der Waals surface area contributed by atoms with Crippen LogP contribution in [0.2, 0.25) is 5.02 Å². The molecule has 0 spiro atoms. The summed E-state index contributed by atoms with van der Waals surface area (Å²) in [6.07, 6.45) is 3.40. The number of methoxy groups -OCH3 is 1. The Kier molecular flexibility index (Phi) is 7.31. The topological polar surface area (TPSA) is 86.5 Å². The average molecular weight is 496 g/mol. The Morgan fingerprint density at radius 3 is 2.66 bits per heavy atom. The summed E-state index contributed by atoms with van der Waals surface area (Å²) in [5.41, 5.74) is 1.94. The number of hydrogen-bond acceptors (Lipinski definition) is 6. The number of halogens is 2. The largest absolute Gasteiger partial charge is 0.493 e. The van der Waals surface area contributed by atoms with Crippen LogP contribution >= 0.6 is 11.6 Å². The highest BCUT2D eigenvalue weighted by Crippen LogP contribution is 2.34. The van der Waals surface area contributed by atoms with Crippen LogP contribution in [0, 0.1) is 12.7 Å². The first kappa shape index (κ1) is 24.2. The van der Waals surface area contributed by atoms with Crippen molar-refractivity contribution in [3.8, 4) is 22.8 Å². The molecule has 2 aromatic heterocycles. The lowest BCUT2D eigenvalue weighted by atomic mass is 10.0. The molecule has 4 rings (SSSR count). The molecule has 7 nitrogen and oxygen atoms in total. The molecule has 0 aliphatic rings. The minimum Gasteiger partial charge on any atom is -0.493 e. The smallest absolute Gasteiger partial charge is 0.257 e. The van der Waals surface area contributed by atoms with Gasteiger partial charge in [0.15, 0.2) is 11.5 Å². The van der Waals surface area contributed by atoms with Crippen molar-refractivity contribution in [3.63, 3.8) is 0 Å². The van der Waals surface area contributed by atoms with Gasteiger partial charge in [0, 0.05) is 12.4 Å². The van der Waals surface area contributed by atoms with Crippen LogP contribution in [0.25, 0.3) is 11.3 Å². The second kappa shape index (κ2) is 10.6. The summed E-state index contributed by atoms with van der Waals surface area (Å²) < 4.78 is 31.1. The highest BCUT2D eigenvalue weighted by molar-refractivity contribution is 6.33. The minimum absolute atomic E-state index is 0.0150. The maximum Gasteiger partial charge on any atom is 0.257 e. The van der Waals surface area contributed by atoms with Crippen LogP contribution in [0.3, 0.4) is 0 Å². The number of hydrogen-bond donors (Lipinski definition) is 1. The second-order valence-corrected chi connectivity index (χ2v) is 8.22. The molecule has 1 atom stereocenters. The summed E-state index contributed by atoms with van der Waals surface area (Å²) in [6.45, 7) is 3.77. The molecule has 0 fully saturated rings. The number of benzene rings is 2. The molecule has 35 heavy (non-hydrogen) atoms. The van der Waals surface area contributed by atoms with Crippen LogP contribution in [-0.4, -0.2) is 23.2 Å². The third-order valence-electron chi connectivity index (χ3n) is 5.47. The molecule has 0 bridgehead atoms. The van der Waals surface area contributed by atoms with Gasteiger partial charge in [0.25, 0.3) is 5.91 Å². The standard InChI is InChI=1S/C26H23ClFN3O4/c1-15(18-7-8-21(22(13-18)33-3)34-14-17-9-11-29-12-10-17)30-26(32)23-16(2)35-31-25(23)24-19(27)5-4-6-20(24)28/h4-13,15H,14H2,1-3H3,(H,30,32). The van der Waals surface area contributed by atoms with Gasteiger partial charge in [-0.1, -0.05) is 28.9 Å². The highest BCUT2D eigenvalue weighted by Gasteiger charge is 2.26. The molecule has 0 saturated carbocycles. The van der Waals surface area contributed by atoms with E-state index >= 15 is 0 Å².